The molecule has 1 aromatic rings. The Kier molecular flexibility index (Phi) is 10.5. The highest BCUT2D eigenvalue weighted by Gasteiger charge is 1.97. The van der Waals surface area contributed by atoms with Crippen molar-refractivity contribution in [3.8, 4) is 0 Å². The van der Waals surface area contributed by atoms with Gasteiger partial charge in [0.15, 0.2) is 5.96 Å². The fourth-order valence-electron chi connectivity index (χ4n) is 1.74. The van der Waals surface area contributed by atoms with Crippen LogP contribution < -0.4 is 10.6 Å². The number of rotatable bonds is 10. The van der Waals surface area contributed by atoms with Crippen LogP contribution in [0.5, 0.6) is 0 Å². The minimum atomic E-state index is -0.191. The van der Waals surface area contributed by atoms with Gasteiger partial charge in [-0.05, 0) is 49.8 Å². The minimum Gasteiger partial charge on any atom is -0.385 e. The van der Waals surface area contributed by atoms with Crippen LogP contribution in [0.25, 0.3) is 0 Å². The fourth-order valence-corrected chi connectivity index (χ4v) is 2.58. The monoisotopic (exact) mass is 327 g/mol. The van der Waals surface area contributed by atoms with Crippen molar-refractivity contribution >= 4 is 17.7 Å². The SMILES string of the molecule is CCNC(=NCCCSc1ccc(F)cc1)NCCCOC. The molecule has 0 heterocycles. The zero-order valence-corrected chi connectivity index (χ0v) is 14.2. The summed E-state index contributed by atoms with van der Waals surface area (Å²) in [7, 11) is 1.71. The molecule has 0 aliphatic carbocycles. The Hall–Kier alpha value is -1.27. The van der Waals surface area contributed by atoms with Crippen LogP contribution in [0.1, 0.15) is 19.8 Å². The van der Waals surface area contributed by atoms with Gasteiger partial charge in [-0.1, -0.05) is 0 Å². The summed E-state index contributed by atoms with van der Waals surface area (Å²) in [5.74, 6) is 1.63. The lowest BCUT2D eigenvalue weighted by Gasteiger charge is -2.10. The van der Waals surface area contributed by atoms with Crippen LogP contribution in [-0.4, -0.2) is 45.1 Å². The minimum absolute atomic E-state index is 0.191. The molecule has 1 aromatic carbocycles. The summed E-state index contributed by atoms with van der Waals surface area (Å²) >= 11 is 1.73. The van der Waals surface area contributed by atoms with E-state index in [1.54, 1.807) is 18.9 Å². The standard InChI is InChI=1S/C16H26FN3OS/c1-3-18-16(19-10-4-12-21-2)20-11-5-13-22-15-8-6-14(17)7-9-15/h6-9H,3-5,10-13H2,1-2H3,(H2,18,19,20). The van der Waals surface area contributed by atoms with Gasteiger partial charge in [-0.2, -0.15) is 0 Å². The summed E-state index contributed by atoms with van der Waals surface area (Å²) in [6, 6.07) is 6.61. The summed E-state index contributed by atoms with van der Waals surface area (Å²) < 4.78 is 17.8. The summed E-state index contributed by atoms with van der Waals surface area (Å²) in [6.07, 6.45) is 1.94. The highest BCUT2D eigenvalue weighted by atomic mass is 32.2. The molecule has 0 saturated carbocycles. The molecule has 0 aliphatic heterocycles. The summed E-state index contributed by atoms with van der Waals surface area (Å²) in [5.41, 5.74) is 0. The van der Waals surface area contributed by atoms with Gasteiger partial charge in [0.25, 0.3) is 0 Å². The summed E-state index contributed by atoms with van der Waals surface area (Å²) in [5, 5.41) is 6.50. The van der Waals surface area contributed by atoms with E-state index in [1.807, 2.05) is 12.1 Å². The molecule has 6 heteroatoms. The van der Waals surface area contributed by atoms with Crippen LogP contribution in [0, 0.1) is 5.82 Å². The molecular formula is C16H26FN3OS. The van der Waals surface area contributed by atoms with Crippen LogP contribution in [-0.2, 0) is 4.74 Å². The van der Waals surface area contributed by atoms with E-state index < -0.39 is 0 Å². The van der Waals surface area contributed by atoms with Crippen molar-refractivity contribution in [2.75, 3.05) is 39.1 Å². The van der Waals surface area contributed by atoms with Crippen molar-refractivity contribution in [1.29, 1.82) is 0 Å². The van der Waals surface area contributed by atoms with E-state index in [9.17, 15) is 4.39 Å². The van der Waals surface area contributed by atoms with E-state index in [0.717, 1.165) is 55.7 Å². The number of hydrogen-bond donors (Lipinski definition) is 2. The number of benzene rings is 1. The van der Waals surface area contributed by atoms with Crippen LogP contribution in [0.15, 0.2) is 34.2 Å². The first-order chi connectivity index (χ1) is 10.8. The zero-order chi connectivity index (χ0) is 16.0. The number of nitrogens with zero attached hydrogens (tertiary/aromatic N) is 1. The molecule has 1 rings (SSSR count). The quantitative estimate of drug-likeness (QED) is 0.300. The van der Waals surface area contributed by atoms with E-state index in [4.69, 9.17) is 4.74 Å². The Morgan fingerprint density at radius 1 is 1.23 bits per heavy atom. The third-order valence-electron chi connectivity index (χ3n) is 2.82. The molecule has 0 bridgehead atoms. The average molecular weight is 327 g/mol. The van der Waals surface area contributed by atoms with Crippen molar-refractivity contribution in [1.82, 2.24) is 10.6 Å². The number of hydrogen-bond acceptors (Lipinski definition) is 3. The highest BCUT2D eigenvalue weighted by molar-refractivity contribution is 7.99. The largest absolute Gasteiger partial charge is 0.385 e. The number of guanidine groups is 1. The van der Waals surface area contributed by atoms with Gasteiger partial charge in [-0.25, -0.2) is 4.39 Å². The molecule has 0 unspecified atom stereocenters. The summed E-state index contributed by atoms with van der Waals surface area (Å²) in [6.45, 7) is 5.27. The lowest BCUT2D eigenvalue weighted by atomic mass is 10.4. The molecule has 0 fully saturated rings. The molecule has 22 heavy (non-hydrogen) atoms. The van der Waals surface area contributed by atoms with Gasteiger partial charge in [-0.3, -0.25) is 4.99 Å². The first-order valence-corrected chi connectivity index (χ1v) is 8.64. The number of nitrogens with one attached hydrogen (secondary N) is 2. The first-order valence-electron chi connectivity index (χ1n) is 7.65. The highest BCUT2D eigenvalue weighted by Crippen LogP contribution is 2.18. The maximum absolute atomic E-state index is 12.8. The average Bonchev–Trinajstić information content (AvgIpc) is 2.53. The van der Waals surface area contributed by atoms with Gasteiger partial charge in [0.05, 0.1) is 0 Å². The molecule has 0 saturated heterocycles. The van der Waals surface area contributed by atoms with E-state index >= 15 is 0 Å². The van der Waals surface area contributed by atoms with E-state index in [2.05, 4.69) is 22.5 Å². The van der Waals surface area contributed by atoms with Crippen LogP contribution in [0.3, 0.4) is 0 Å². The number of methoxy groups -OCH3 is 1. The van der Waals surface area contributed by atoms with Crippen LogP contribution in [0.4, 0.5) is 4.39 Å². The van der Waals surface area contributed by atoms with E-state index in [-0.39, 0.29) is 5.82 Å². The molecule has 0 radical (unpaired) electrons. The predicted octanol–water partition coefficient (Wildman–Crippen LogP) is 2.90. The molecular weight excluding hydrogens is 301 g/mol. The van der Waals surface area contributed by atoms with Gasteiger partial charge in [0.1, 0.15) is 5.82 Å². The van der Waals surface area contributed by atoms with Crippen LogP contribution >= 0.6 is 11.8 Å². The topological polar surface area (TPSA) is 45.7 Å². The number of aliphatic imine (C=N–C) groups is 1. The Morgan fingerprint density at radius 2 is 2.00 bits per heavy atom. The second kappa shape index (κ2) is 12.3. The maximum Gasteiger partial charge on any atom is 0.191 e. The predicted molar refractivity (Wildman–Crippen MR) is 92.2 cm³/mol. The van der Waals surface area contributed by atoms with Crippen molar-refractivity contribution < 1.29 is 9.13 Å². The van der Waals surface area contributed by atoms with Crippen molar-refractivity contribution in [3.05, 3.63) is 30.1 Å². The molecule has 124 valence electrons. The normalized spacial score (nSPS) is 11.5. The van der Waals surface area contributed by atoms with Crippen LogP contribution in [0.2, 0.25) is 0 Å². The van der Waals surface area contributed by atoms with Gasteiger partial charge < -0.3 is 15.4 Å². The smallest absolute Gasteiger partial charge is 0.191 e. The molecule has 0 amide bonds. The van der Waals surface area contributed by atoms with Crippen molar-refractivity contribution in [2.45, 2.75) is 24.7 Å². The Balaban J connectivity index is 2.20. The molecule has 0 atom stereocenters. The lowest BCUT2D eigenvalue weighted by Crippen LogP contribution is -2.38. The first kappa shape index (κ1) is 18.8. The molecule has 2 N–H and O–H groups in total. The Bertz CT molecular complexity index is 426. The number of halogens is 1. The van der Waals surface area contributed by atoms with Gasteiger partial charge >= 0.3 is 0 Å². The zero-order valence-electron chi connectivity index (χ0n) is 13.4. The molecule has 0 aliphatic rings. The van der Waals surface area contributed by atoms with Gasteiger partial charge in [0.2, 0.25) is 0 Å². The Morgan fingerprint density at radius 3 is 2.68 bits per heavy atom. The molecule has 4 nitrogen and oxygen atoms in total. The molecule has 0 spiro atoms. The second-order valence-electron chi connectivity index (χ2n) is 4.69. The van der Waals surface area contributed by atoms with Gasteiger partial charge in [-0.15, -0.1) is 11.8 Å². The maximum atomic E-state index is 12.8. The lowest BCUT2D eigenvalue weighted by molar-refractivity contribution is 0.195. The Labute approximate surface area is 136 Å². The van der Waals surface area contributed by atoms with E-state index in [1.165, 1.54) is 12.1 Å². The molecule has 0 aromatic heterocycles. The third kappa shape index (κ3) is 8.89. The van der Waals surface area contributed by atoms with Crippen molar-refractivity contribution in [2.24, 2.45) is 4.99 Å². The number of ether oxygens (including phenoxy) is 1. The van der Waals surface area contributed by atoms with E-state index in [0.29, 0.717) is 0 Å². The fraction of sp³-hybridized carbons (Fsp3) is 0.562. The van der Waals surface area contributed by atoms with Gasteiger partial charge in [0, 0.05) is 38.2 Å². The summed E-state index contributed by atoms with van der Waals surface area (Å²) in [4.78, 5) is 5.63. The number of thioether (sulfide) groups is 1. The third-order valence-corrected chi connectivity index (χ3v) is 3.91. The second-order valence-corrected chi connectivity index (χ2v) is 5.86. The van der Waals surface area contributed by atoms with Crippen molar-refractivity contribution in [3.63, 3.8) is 0 Å².